The summed E-state index contributed by atoms with van der Waals surface area (Å²) in [5.41, 5.74) is 1.27. The first-order valence-corrected chi connectivity index (χ1v) is 8.28. The first-order valence-electron chi connectivity index (χ1n) is 8.28. The van der Waals surface area contributed by atoms with Gasteiger partial charge in [0.2, 0.25) is 0 Å². The van der Waals surface area contributed by atoms with Crippen LogP contribution in [0.15, 0.2) is 24.3 Å². The van der Waals surface area contributed by atoms with E-state index in [-0.39, 0.29) is 0 Å². The summed E-state index contributed by atoms with van der Waals surface area (Å²) in [5.74, 6) is 0.922. The van der Waals surface area contributed by atoms with Crippen LogP contribution >= 0.6 is 0 Å². The zero-order valence-electron chi connectivity index (χ0n) is 13.7. The quantitative estimate of drug-likeness (QED) is 0.554. The van der Waals surface area contributed by atoms with Gasteiger partial charge in [0.15, 0.2) is 0 Å². The predicted molar refractivity (Wildman–Crippen MR) is 88.9 cm³/mol. The molecule has 0 aliphatic carbocycles. The zero-order chi connectivity index (χ0) is 15.2. The van der Waals surface area contributed by atoms with E-state index in [0.29, 0.717) is 13.2 Å². The van der Waals surface area contributed by atoms with Crippen molar-refractivity contribution >= 4 is 0 Å². The molecule has 120 valence electrons. The SMILES string of the molecule is CCCCCCCCNCc1cccc(OCCOC)c1. The van der Waals surface area contributed by atoms with Gasteiger partial charge in [0.25, 0.3) is 0 Å². The first-order chi connectivity index (χ1) is 10.4. The van der Waals surface area contributed by atoms with Crippen LogP contribution in [-0.2, 0) is 11.3 Å². The Morgan fingerprint density at radius 3 is 2.62 bits per heavy atom. The highest BCUT2D eigenvalue weighted by Crippen LogP contribution is 2.13. The summed E-state index contributed by atoms with van der Waals surface area (Å²) < 4.78 is 10.6. The lowest BCUT2D eigenvalue weighted by Gasteiger charge is -2.08. The Kier molecular flexibility index (Phi) is 10.8. The van der Waals surface area contributed by atoms with Gasteiger partial charge < -0.3 is 14.8 Å². The van der Waals surface area contributed by atoms with Crippen molar-refractivity contribution in [3.05, 3.63) is 29.8 Å². The van der Waals surface area contributed by atoms with E-state index in [4.69, 9.17) is 9.47 Å². The van der Waals surface area contributed by atoms with E-state index in [0.717, 1.165) is 18.8 Å². The molecule has 0 atom stereocenters. The van der Waals surface area contributed by atoms with E-state index in [1.54, 1.807) is 7.11 Å². The Labute approximate surface area is 130 Å². The maximum atomic E-state index is 5.62. The van der Waals surface area contributed by atoms with Crippen molar-refractivity contribution < 1.29 is 9.47 Å². The molecular formula is C18H31NO2. The number of methoxy groups -OCH3 is 1. The van der Waals surface area contributed by atoms with Crippen LogP contribution in [0, 0.1) is 0 Å². The molecule has 21 heavy (non-hydrogen) atoms. The maximum absolute atomic E-state index is 5.62. The molecule has 0 aliphatic rings. The second-order valence-corrected chi connectivity index (χ2v) is 5.43. The van der Waals surface area contributed by atoms with Gasteiger partial charge in [-0.15, -0.1) is 0 Å². The number of nitrogens with one attached hydrogen (secondary N) is 1. The third-order valence-electron chi connectivity index (χ3n) is 3.49. The van der Waals surface area contributed by atoms with Gasteiger partial charge in [0.1, 0.15) is 12.4 Å². The fourth-order valence-electron chi connectivity index (χ4n) is 2.25. The minimum absolute atomic E-state index is 0.602. The average Bonchev–Trinajstić information content (AvgIpc) is 2.51. The largest absolute Gasteiger partial charge is 0.491 e. The lowest BCUT2D eigenvalue weighted by molar-refractivity contribution is 0.146. The summed E-state index contributed by atoms with van der Waals surface area (Å²) in [6.07, 6.45) is 8.07. The highest BCUT2D eigenvalue weighted by molar-refractivity contribution is 5.28. The Bertz CT molecular complexity index is 355. The third kappa shape index (κ3) is 9.48. The number of benzene rings is 1. The monoisotopic (exact) mass is 293 g/mol. The highest BCUT2D eigenvalue weighted by Gasteiger charge is 1.97. The normalized spacial score (nSPS) is 10.8. The molecule has 1 N–H and O–H groups in total. The highest BCUT2D eigenvalue weighted by atomic mass is 16.5. The third-order valence-corrected chi connectivity index (χ3v) is 3.49. The lowest BCUT2D eigenvalue weighted by Crippen LogP contribution is -2.14. The van der Waals surface area contributed by atoms with Crippen molar-refractivity contribution in [3.8, 4) is 5.75 Å². The van der Waals surface area contributed by atoms with Crippen molar-refractivity contribution in [3.63, 3.8) is 0 Å². The van der Waals surface area contributed by atoms with Gasteiger partial charge >= 0.3 is 0 Å². The van der Waals surface area contributed by atoms with E-state index in [9.17, 15) is 0 Å². The van der Waals surface area contributed by atoms with Crippen molar-refractivity contribution in [2.24, 2.45) is 0 Å². The molecule has 0 bridgehead atoms. The molecule has 0 unspecified atom stereocenters. The molecule has 0 aliphatic heterocycles. The smallest absolute Gasteiger partial charge is 0.119 e. The first kappa shape index (κ1) is 18.0. The molecule has 3 nitrogen and oxygen atoms in total. The van der Waals surface area contributed by atoms with Crippen molar-refractivity contribution in [1.29, 1.82) is 0 Å². The number of unbranched alkanes of at least 4 members (excludes halogenated alkanes) is 5. The van der Waals surface area contributed by atoms with Gasteiger partial charge in [-0.05, 0) is 30.7 Å². The summed E-state index contributed by atoms with van der Waals surface area (Å²) in [5, 5.41) is 3.51. The van der Waals surface area contributed by atoms with Gasteiger partial charge in [-0.3, -0.25) is 0 Å². The van der Waals surface area contributed by atoms with E-state index < -0.39 is 0 Å². The summed E-state index contributed by atoms with van der Waals surface area (Å²) in [6.45, 7) is 5.50. The summed E-state index contributed by atoms with van der Waals surface area (Å²) >= 11 is 0. The Hall–Kier alpha value is -1.06. The van der Waals surface area contributed by atoms with Crippen LogP contribution in [0.2, 0.25) is 0 Å². The molecule has 0 amide bonds. The summed E-state index contributed by atoms with van der Waals surface area (Å²) in [7, 11) is 1.69. The Balaban J connectivity index is 2.10. The van der Waals surface area contributed by atoms with Gasteiger partial charge in [-0.25, -0.2) is 0 Å². The van der Waals surface area contributed by atoms with Crippen molar-refractivity contribution in [1.82, 2.24) is 5.32 Å². The van der Waals surface area contributed by atoms with Gasteiger partial charge in [0, 0.05) is 13.7 Å². The Morgan fingerprint density at radius 1 is 1.00 bits per heavy atom. The van der Waals surface area contributed by atoms with Crippen molar-refractivity contribution in [2.45, 2.75) is 52.0 Å². The molecule has 0 aromatic heterocycles. The molecule has 0 saturated heterocycles. The van der Waals surface area contributed by atoms with Gasteiger partial charge in [-0.1, -0.05) is 51.2 Å². The van der Waals surface area contributed by atoms with Crippen LogP contribution in [0.4, 0.5) is 0 Å². The van der Waals surface area contributed by atoms with Crippen LogP contribution in [0.1, 0.15) is 51.0 Å². The topological polar surface area (TPSA) is 30.5 Å². The second-order valence-electron chi connectivity index (χ2n) is 5.43. The van der Waals surface area contributed by atoms with Gasteiger partial charge in [-0.2, -0.15) is 0 Å². The van der Waals surface area contributed by atoms with E-state index in [2.05, 4.69) is 24.4 Å². The number of hydrogen-bond acceptors (Lipinski definition) is 3. The standard InChI is InChI=1S/C18H31NO2/c1-3-4-5-6-7-8-12-19-16-17-10-9-11-18(15-17)21-14-13-20-2/h9-11,15,19H,3-8,12-14,16H2,1-2H3. The molecule has 1 rings (SSSR count). The Morgan fingerprint density at radius 2 is 1.81 bits per heavy atom. The molecule has 0 radical (unpaired) electrons. The van der Waals surface area contributed by atoms with E-state index >= 15 is 0 Å². The maximum Gasteiger partial charge on any atom is 0.119 e. The summed E-state index contributed by atoms with van der Waals surface area (Å²) in [4.78, 5) is 0. The molecular weight excluding hydrogens is 262 g/mol. The second kappa shape index (κ2) is 12.7. The van der Waals surface area contributed by atoms with Crippen LogP contribution in [0.3, 0.4) is 0 Å². The lowest BCUT2D eigenvalue weighted by atomic mass is 10.1. The van der Waals surface area contributed by atoms with Crippen molar-refractivity contribution in [2.75, 3.05) is 26.9 Å². The fraction of sp³-hybridized carbons (Fsp3) is 0.667. The minimum atomic E-state index is 0.602. The van der Waals surface area contributed by atoms with E-state index in [1.807, 2.05) is 12.1 Å². The fourth-order valence-corrected chi connectivity index (χ4v) is 2.25. The number of ether oxygens (including phenoxy) is 2. The van der Waals surface area contributed by atoms with Gasteiger partial charge in [0.05, 0.1) is 6.61 Å². The molecule has 0 heterocycles. The molecule has 0 saturated carbocycles. The summed E-state index contributed by atoms with van der Waals surface area (Å²) in [6, 6.07) is 8.28. The molecule has 1 aromatic rings. The predicted octanol–water partition coefficient (Wildman–Crippen LogP) is 4.16. The number of hydrogen-bond donors (Lipinski definition) is 1. The van der Waals surface area contributed by atoms with Crippen LogP contribution < -0.4 is 10.1 Å². The molecule has 0 spiro atoms. The average molecular weight is 293 g/mol. The van der Waals surface area contributed by atoms with E-state index in [1.165, 1.54) is 44.1 Å². The molecule has 1 aromatic carbocycles. The van der Waals surface area contributed by atoms with Crippen LogP contribution in [0.5, 0.6) is 5.75 Å². The number of rotatable bonds is 13. The zero-order valence-corrected chi connectivity index (χ0v) is 13.7. The molecule has 0 fully saturated rings. The minimum Gasteiger partial charge on any atom is -0.491 e. The van der Waals surface area contributed by atoms with Crippen LogP contribution in [-0.4, -0.2) is 26.9 Å². The molecule has 3 heteroatoms. The van der Waals surface area contributed by atoms with Crippen LogP contribution in [0.25, 0.3) is 0 Å².